The lowest BCUT2D eigenvalue weighted by molar-refractivity contribution is -0.117. The Morgan fingerprint density at radius 1 is 1.10 bits per heavy atom. The van der Waals surface area contributed by atoms with Crippen molar-refractivity contribution in [3.63, 3.8) is 0 Å². The van der Waals surface area contributed by atoms with E-state index in [1.54, 1.807) is 17.0 Å². The molecule has 1 atom stereocenters. The van der Waals surface area contributed by atoms with Crippen molar-refractivity contribution >= 4 is 23.5 Å². The summed E-state index contributed by atoms with van der Waals surface area (Å²) >= 11 is 0. The molecule has 10 heteroatoms. The second-order valence-corrected chi connectivity index (χ2v) is 6.69. The highest BCUT2D eigenvalue weighted by molar-refractivity contribution is 6.02. The van der Waals surface area contributed by atoms with Gasteiger partial charge in [-0.3, -0.25) is 14.9 Å². The first-order valence-electron chi connectivity index (χ1n) is 9.18. The molecule has 150 valence electrons. The van der Waals surface area contributed by atoms with Gasteiger partial charge in [-0.15, -0.1) is 5.10 Å². The summed E-state index contributed by atoms with van der Waals surface area (Å²) < 4.78 is 15.9. The van der Waals surface area contributed by atoms with E-state index in [9.17, 15) is 9.59 Å². The van der Waals surface area contributed by atoms with Gasteiger partial charge in [0, 0.05) is 24.7 Å². The van der Waals surface area contributed by atoms with Gasteiger partial charge in [0.1, 0.15) is 0 Å². The van der Waals surface area contributed by atoms with Crippen molar-refractivity contribution in [3.8, 4) is 11.5 Å². The Hall–Kier alpha value is -4.21. The normalized spacial score (nSPS) is 16.2. The first kappa shape index (κ1) is 17.9. The van der Waals surface area contributed by atoms with Gasteiger partial charge in [0.15, 0.2) is 11.5 Å². The number of hydrogen-bond acceptors (Lipinski definition) is 8. The number of benzene rings is 1. The highest BCUT2D eigenvalue weighted by atomic mass is 16.5. The summed E-state index contributed by atoms with van der Waals surface area (Å²) in [6.07, 6.45) is 1.74. The van der Waals surface area contributed by atoms with Gasteiger partial charge in [-0.25, -0.2) is 0 Å². The average molecular weight is 405 g/mol. The topological polar surface area (TPSA) is 128 Å². The molecule has 0 bridgehead atoms. The molecule has 5 rings (SSSR count). The lowest BCUT2D eigenvalue weighted by Gasteiger charge is -2.15. The molecule has 1 aromatic carbocycles. The Kier molecular flexibility index (Phi) is 4.36. The third-order valence-corrected chi connectivity index (χ3v) is 4.71. The van der Waals surface area contributed by atoms with Crippen molar-refractivity contribution < 1.29 is 22.9 Å². The molecule has 1 unspecified atom stereocenters. The van der Waals surface area contributed by atoms with Gasteiger partial charge in [0.25, 0.3) is 5.91 Å². The fourth-order valence-corrected chi connectivity index (χ4v) is 3.26. The summed E-state index contributed by atoms with van der Waals surface area (Å²) in [4.78, 5) is 26.4. The third-order valence-electron chi connectivity index (χ3n) is 4.71. The zero-order valence-electron chi connectivity index (χ0n) is 15.5. The minimum absolute atomic E-state index is 0.0250. The molecule has 3 aromatic heterocycles. The van der Waals surface area contributed by atoms with Crippen LogP contribution in [-0.2, 0) is 4.79 Å². The molecular weight excluding hydrogens is 390 g/mol. The van der Waals surface area contributed by atoms with Crippen LogP contribution in [0.5, 0.6) is 0 Å². The number of para-hydroxylation sites is 1. The van der Waals surface area contributed by atoms with E-state index in [4.69, 9.17) is 13.4 Å². The molecular formula is C20H15N5O5. The zero-order valence-corrected chi connectivity index (χ0v) is 15.5. The van der Waals surface area contributed by atoms with Crippen LogP contribution >= 0.6 is 0 Å². The summed E-state index contributed by atoms with van der Waals surface area (Å²) in [5, 5.41) is 14.0. The van der Waals surface area contributed by atoms with Crippen LogP contribution in [0.15, 0.2) is 68.2 Å². The van der Waals surface area contributed by atoms with E-state index in [-0.39, 0.29) is 35.8 Å². The number of nitrogens with zero attached hydrogens (tertiary/aromatic N) is 4. The Labute approximate surface area is 169 Å². The summed E-state index contributed by atoms with van der Waals surface area (Å²) in [7, 11) is 0. The summed E-state index contributed by atoms with van der Waals surface area (Å²) in [5.74, 6) is 0.211. The molecule has 1 aliphatic heterocycles. The lowest BCUT2D eigenvalue weighted by Crippen LogP contribution is -2.24. The van der Waals surface area contributed by atoms with Gasteiger partial charge >= 0.3 is 6.01 Å². The second-order valence-electron chi connectivity index (χ2n) is 6.69. The molecule has 0 radical (unpaired) electrons. The number of carbonyl (C=O) groups excluding carboxylic acids is 2. The summed E-state index contributed by atoms with van der Waals surface area (Å²) in [6.45, 7) is 0.425. The molecule has 0 aliphatic carbocycles. The molecule has 2 amide bonds. The summed E-state index contributed by atoms with van der Waals surface area (Å²) in [5.41, 5.74) is 0.851. The van der Waals surface area contributed by atoms with Crippen LogP contribution in [0.1, 0.15) is 28.7 Å². The Bertz CT molecular complexity index is 1180. The first-order valence-corrected chi connectivity index (χ1v) is 9.18. The van der Waals surface area contributed by atoms with E-state index in [1.165, 1.54) is 12.3 Å². The van der Waals surface area contributed by atoms with Gasteiger partial charge in [0.2, 0.25) is 17.6 Å². The maximum Gasteiger partial charge on any atom is 0.322 e. The van der Waals surface area contributed by atoms with E-state index in [2.05, 4.69) is 20.7 Å². The lowest BCUT2D eigenvalue weighted by atomic mass is 10.1. The maximum atomic E-state index is 12.4. The quantitative estimate of drug-likeness (QED) is 0.536. The minimum Gasteiger partial charge on any atom is -0.461 e. The minimum atomic E-state index is -0.569. The van der Waals surface area contributed by atoms with E-state index < -0.39 is 5.91 Å². The van der Waals surface area contributed by atoms with Crippen LogP contribution in [0.2, 0.25) is 0 Å². The number of anilines is 2. The number of nitrogens with one attached hydrogen (secondary N) is 1. The molecule has 0 spiro atoms. The number of amides is 2. The molecule has 10 nitrogen and oxygen atoms in total. The van der Waals surface area contributed by atoms with Crippen molar-refractivity contribution in [2.45, 2.75) is 12.3 Å². The van der Waals surface area contributed by atoms with Crippen LogP contribution in [0.25, 0.3) is 11.5 Å². The van der Waals surface area contributed by atoms with E-state index in [0.717, 1.165) is 5.69 Å². The molecule has 1 aliphatic rings. The number of carbonyl (C=O) groups is 2. The molecule has 1 N–H and O–H groups in total. The molecule has 4 aromatic rings. The van der Waals surface area contributed by atoms with Crippen molar-refractivity contribution in [3.05, 3.63) is 66.4 Å². The van der Waals surface area contributed by atoms with Crippen LogP contribution in [0.3, 0.4) is 0 Å². The Morgan fingerprint density at radius 2 is 1.97 bits per heavy atom. The monoisotopic (exact) mass is 405 g/mol. The van der Waals surface area contributed by atoms with Crippen LogP contribution < -0.4 is 10.2 Å². The molecule has 1 fully saturated rings. The van der Waals surface area contributed by atoms with Gasteiger partial charge in [0.05, 0.1) is 12.2 Å². The summed E-state index contributed by atoms with van der Waals surface area (Å²) in [6, 6.07) is 14.1. The SMILES string of the molecule is O=C(Nc1nnc(C2CC(=O)N(c3ccccc3)C2)o1)c1cc(-c2ccco2)on1. The van der Waals surface area contributed by atoms with Gasteiger partial charge in [-0.05, 0) is 24.3 Å². The Morgan fingerprint density at radius 3 is 2.77 bits per heavy atom. The molecule has 0 saturated carbocycles. The number of furan rings is 1. The molecule has 30 heavy (non-hydrogen) atoms. The number of aromatic nitrogens is 3. The van der Waals surface area contributed by atoms with E-state index in [1.807, 2.05) is 30.3 Å². The highest BCUT2D eigenvalue weighted by Crippen LogP contribution is 2.31. The smallest absolute Gasteiger partial charge is 0.322 e. The second kappa shape index (κ2) is 7.32. The zero-order chi connectivity index (χ0) is 20.5. The standard InChI is InChI=1S/C20H15N5O5/c26-17-9-12(11-25(17)13-5-2-1-3-6-13)19-22-23-20(29-19)21-18(27)14-10-16(30-24-14)15-7-4-8-28-15/h1-8,10,12H,9,11H2,(H,21,23,27). The third kappa shape index (κ3) is 3.34. The predicted octanol–water partition coefficient (Wildman–Crippen LogP) is 3.09. The van der Waals surface area contributed by atoms with E-state index >= 15 is 0 Å². The highest BCUT2D eigenvalue weighted by Gasteiger charge is 2.35. The van der Waals surface area contributed by atoms with Crippen molar-refractivity contribution in [1.82, 2.24) is 15.4 Å². The van der Waals surface area contributed by atoms with Crippen molar-refractivity contribution in [2.75, 3.05) is 16.8 Å². The van der Waals surface area contributed by atoms with Crippen molar-refractivity contribution in [2.24, 2.45) is 0 Å². The van der Waals surface area contributed by atoms with Crippen LogP contribution in [0, 0.1) is 0 Å². The van der Waals surface area contributed by atoms with E-state index in [0.29, 0.717) is 18.1 Å². The fraction of sp³-hybridized carbons (Fsp3) is 0.150. The molecule has 4 heterocycles. The number of hydrogen-bond donors (Lipinski definition) is 1. The first-order chi connectivity index (χ1) is 14.7. The van der Waals surface area contributed by atoms with Crippen LogP contribution in [0.4, 0.5) is 11.7 Å². The number of rotatable bonds is 5. The van der Waals surface area contributed by atoms with Crippen LogP contribution in [-0.4, -0.2) is 33.7 Å². The van der Waals surface area contributed by atoms with Gasteiger partial charge in [-0.1, -0.05) is 28.5 Å². The van der Waals surface area contributed by atoms with Crippen molar-refractivity contribution in [1.29, 1.82) is 0 Å². The maximum absolute atomic E-state index is 12.4. The largest absolute Gasteiger partial charge is 0.461 e. The Balaban J connectivity index is 1.26. The fourth-order valence-electron chi connectivity index (χ4n) is 3.26. The predicted molar refractivity (Wildman–Crippen MR) is 103 cm³/mol. The molecule has 1 saturated heterocycles. The van der Waals surface area contributed by atoms with Gasteiger partial charge in [-0.2, -0.15) is 0 Å². The van der Waals surface area contributed by atoms with Gasteiger partial charge < -0.3 is 18.3 Å². The average Bonchev–Trinajstić information content (AvgIpc) is 3.54.